The molecule has 0 radical (unpaired) electrons. The van der Waals surface area contributed by atoms with E-state index in [1.807, 2.05) is 0 Å². The van der Waals surface area contributed by atoms with Crippen molar-refractivity contribution in [2.45, 2.75) is 45.3 Å². The van der Waals surface area contributed by atoms with E-state index in [-0.39, 0.29) is 0 Å². The first-order valence-electron chi connectivity index (χ1n) is 7.18. The van der Waals surface area contributed by atoms with Crippen LogP contribution in [0, 0.1) is 11.8 Å². The molecule has 3 nitrogen and oxygen atoms in total. The van der Waals surface area contributed by atoms with E-state index in [0.717, 1.165) is 44.1 Å². The number of rotatable bonds is 3. The van der Waals surface area contributed by atoms with Crippen molar-refractivity contribution in [3.63, 3.8) is 0 Å². The van der Waals surface area contributed by atoms with Gasteiger partial charge in [-0.05, 0) is 38.1 Å². The van der Waals surface area contributed by atoms with Crippen molar-refractivity contribution >= 4 is 0 Å². The van der Waals surface area contributed by atoms with Crippen molar-refractivity contribution in [1.82, 2.24) is 10.2 Å². The zero-order chi connectivity index (χ0) is 12.3. The Hall–Kier alpha value is -0.120. The van der Waals surface area contributed by atoms with Crippen molar-refractivity contribution in [3.05, 3.63) is 0 Å². The molecule has 1 heterocycles. The van der Waals surface area contributed by atoms with Gasteiger partial charge in [-0.2, -0.15) is 0 Å². The van der Waals surface area contributed by atoms with Crippen LogP contribution >= 0.6 is 0 Å². The molecule has 0 aromatic carbocycles. The molecule has 0 bridgehead atoms. The van der Waals surface area contributed by atoms with E-state index in [9.17, 15) is 0 Å². The number of hydrogen-bond acceptors (Lipinski definition) is 3. The van der Waals surface area contributed by atoms with Gasteiger partial charge in [0.1, 0.15) is 0 Å². The van der Waals surface area contributed by atoms with E-state index in [2.05, 4.69) is 31.1 Å². The molecule has 1 saturated heterocycles. The standard InChI is InChI=1S/C14H28N2O/c1-11-4-5-13(8-12(11)2)15-9-14-10-16(3)6-7-17-14/h11-15H,4-10H2,1-3H3/t11-,12-,13+,14+/m1/s1. The Balaban J connectivity index is 1.67. The van der Waals surface area contributed by atoms with E-state index < -0.39 is 0 Å². The van der Waals surface area contributed by atoms with Crippen molar-refractivity contribution in [2.75, 3.05) is 33.3 Å². The highest BCUT2D eigenvalue weighted by Gasteiger charge is 2.25. The molecule has 3 heteroatoms. The van der Waals surface area contributed by atoms with E-state index in [1.165, 1.54) is 19.3 Å². The lowest BCUT2D eigenvalue weighted by atomic mass is 9.79. The molecule has 1 aliphatic heterocycles. The second-order valence-electron chi connectivity index (χ2n) is 6.13. The summed E-state index contributed by atoms with van der Waals surface area (Å²) < 4.78 is 5.78. The smallest absolute Gasteiger partial charge is 0.0826 e. The number of morpholine rings is 1. The molecule has 0 aromatic rings. The fourth-order valence-corrected chi connectivity index (χ4v) is 3.02. The number of ether oxygens (including phenoxy) is 1. The van der Waals surface area contributed by atoms with Gasteiger partial charge >= 0.3 is 0 Å². The number of nitrogens with one attached hydrogen (secondary N) is 1. The van der Waals surface area contributed by atoms with Crippen LogP contribution in [0.5, 0.6) is 0 Å². The molecule has 0 spiro atoms. The fourth-order valence-electron chi connectivity index (χ4n) is 3.02. The third kappa shape index (κ3) is 3.94. The third-order valence-electron chi connectivity index (χ3n) is 4.57. The molecule has 17 heavy (non-hydrogen) atoms. The van der Waals surface area contributed by atoms with Crippen molar-refractivity contribution in [2.24, 2.45) is 11.8 Å². The minimum absolute atomic E-state index is 0.392. The fraction of sp³-hybridized carbons (Fsp3) is 1.00. The van der Waals surface area contributed by atoms with E-state index in [0.29, 0.717) is 6.10 Å². The normalized spacial score (nSPS) is 40.4. The Morgan fingerprint density at radius 3 is 2.76 bits per heavy atom. The van der Waals surface area contributed by atoms with Gasteiger partial charge in [-0.3, -0.25) is 0 Å². The summed E-state index contributed by atoms with van der Waals surface area (Å²) in [7, 11) is 2.18. The minimum Gasteiger partial charge on any atom is -0.374 e. The van der Waals surface area contributed by atoms with Crippen LogP contribution in [0.25, 0.3) is 0 Å². The molecular formula is C14H28N2O. The van der Waals surface area contributed by atoms with Crippen LogP contribution in [0.4, 0.5) is 0 Å². The van der Waals surface area contributed by atoms with Gasteiger partial charge in [0.15, 0.2) is 0 Å². The van der Waals surface area contributed by atoms with Crippen LogP contribution < -0.4 is 5.32 Å². The summed E-state index contributed by atoms with van der Waals surface area (Å²) in [4.78, 5) is 2.36. The Bertz CT molecular complexity index is 234. The zero-order valence-electron chi connectivity index (χ0n) is 11.6. The Morgan fingerprint density at radius 1 is 1.24 bits per heavy atom. The lowest BCUT2D eigenvalue weighted by Crippen LogP contribution is -2.47. The van der Waals surface area contributed by atoms with Gasteiger partial charge in [-0.15, -0.1) is 0 Å². The van der Waals surface area contributed by atoms with Crippen molar-refractivity contribution in [1.29, 1.82) is 0 Å². The third-order valence-corrected chi connectivity index (χ3v) is 4.57. The summed E-state index contributed by atoms with van der Waals surface area (Å²) >= 11 is 0. The first kappa shape index (κ1) is 13.3. The number of hydrogen-bond donors (Lipinski definition) is 1. The maximum atomic E-state index is 5.78. The molecule has 2 rings (SSSR count). The molecule has 1 N–H and O–H groups in total. The molecule has 2 aliphatic rings. The summed E-state index contributed by atoms with van der Waals surface area (Å²) in [5, 5.41) is 3.71. The van der Waals surface area contributed by atoms with Crippen LogP contribution in [0.1, 0.15) is 33.1 Å². The first-order valence-corrected chi connectivity index (χ1v) is 7.18. The highest BCUT2D eigenvalue weighted by molar-refractivity contribution is 4.81. The maximum Gasteiger partial charge on any atom is 0.0826 e. The lowest BCUT2D eigenvalue weighted by Gasteiger charge is -2.35. The molecule has 1 aliphatic carbocycles. The van der Waals surface area contributed by atoms with E-state index in [1.54, 1.807) is 0 Å². The van der Waals surface area contributed by atoms with Crippen LogP contribution in [0.15, 0.2) is 0 Å². The van der Waals surface area contributed by atoms with Gasteiger partial charge in [0.05, 0.1) is 12.7 Å². The molecule has 2 fully saturated rings. The SMILES string of the molecule is C[C@@H]1CC[C@H](NC[C@H]2CN(C)CCO2)C[C@H]1C. The summed E-state index contributed by atoms with van der Waals surface area (Å²) in [5.41, 5.74) is 0. The summed E-state index contributed by atoms with van der Waals surface area (Å²) in [6, 6.07) is 0.719. The molecule has 0 unspecified atom stereocenters. The lowest BCUT2D eigenvalue weighted by molar-refractivity contribution is -0.0203. The largest absolute Gasteiger partial charge is 0.374 e. The zero-order valence-corrected chi connectivity index (χ0v) is 11.6. The average molecular weight is 240 g/mol. The predicted octanol–water partition coefficient (Wildman–Crippen LogP) is 1.73. The van der Waals surface area contributed by atoms with Gasteiger partial charge < -0.3 is 15.0 Å². The highest BCUT2D eigenvalue weighted by atomic mass is 16.5. The van der Waals surface area contributed by atoms with E-state index >= 15 is 0 Å². The van der Waals surface area contributed by atoms with Crippen LogP contribution in [0.2, 0.25) is 0 Å². The maximum absolute atomic E-state index is 5.78. The van der Waals surface area contributed by atoms with Gasteiger partial charge in [-0.25, -0.2) is 0 Å². The second-order valence-corrected chi connectivity index (χ2v) is 6.13. The van der Waals surface area contributed by atoms with Crippen LogP contribution in [-0.2, 0) is 4.74 Å². The molecule has 1 saturated carbocycles. The topological polar surface area (TPSA) is 24.5 Å². The Labute approximate surface area is 106 Å². The monoisotopic (exact) mass is 240 g/mol. The van der Waals surface area contributed by atoms with Crippen LogP contribution in [0.3, 0.4) is 0 Å². The molecule has 0 aromatic heterocycles. The second kappa shape index (κ2) is 6.17. The van der Waals surface area contributed by atoms with Crippen LogP contribution in [-0.4, -0.2) is 50.3 Å². The molecule has 4 atom stereocenters. The number of nitrogens with zero attached hydrogens (tertiary/aromatic N) is 1. The molecular weight excluding hydrogens is 212 g/mol. The Kier molecular flexibility index (Phi) is 4.83. The average Bonchev–Trinajstić information content (AvgIpc) is 2.31. The van der Waals surface area contributed by atoms with Crippen molar-refractivity contribution in [3.8, 4) is 0 Å². The van der Waals surface area contributed by atoms with Gasteiger partial charge in [0.2, 0.25) is 0 Å². The van der Waals surface area contributed by atoms with Gasteiger partial charge in [0.25, 0.3) is 0 Å². The molecule has 100 valence electrons. The number of likely N-dealkylation sites (N-methyl/N-ethyl adjacent to an activating group) is 1. The van der Waals surface area contributed by atoms with E-state index in [4.69, 9.17) is 4.74 Å². The minimum atomic E-state index is 0.392. The van der Waals surface area contributed by atoms with Gasteiger partial charge in [0, 0.05) is 25.7 Å². The predicted molar refractivity (Wildman–Crippen MR) is 71.2 cm³/mol. The van der Waals surface area contributed by atoms with Crippen molar-refractivity contribution < 1.29 is 4.74 Å². The highest BCUT2D eigenvalue weighted by Crippen LogP contribution is 2.29. The van der Waals surface area contributed by atoms with Gasteiger partial charge in [-0.1, -0.05) is 13.8 Å². The quantitative estimate of drug-likeness (QED) is 0.813. The summed E-state index contributed by atoms with van der Waals surface area (Å²) in [6.45, 7) is 8.85. The Morgan fingerprint density at radius 2 is 2.06 bits per heavy atom. The summed E-state index contributed by atoms with van der Waals surface area (Å²) in [6.07, 6.45) is 4.45. The molecule has 0 amide bonds. The summed E-state index contributed by atoms with van der Waals surface area (Å²) in [5.74, 6) is 1.78. The first-order chi connectivity index (χ1) is 8.15.